The van der Waals surface area contributed by atoms with Crippen molar-refractivity contribution < 1.29 is 13.2 Å². The molecule has 1 aliphatic rings. The lowest BCUT2D eigenvalue weighted by Gasteiger charge is -2.17. The van der Waals surface area contributed by atoms with Crippen molar-refractivity contribution in [2.75, 3.05) is 13.1 Å². The largest absolute Gasteiger partial charge is 0.347 e. The van der Waals surface area contributed by atoms with E-state index in [-0.39, 0.29) is 22.9 Å². The number of nitrogens with one attached hydrogen (secondary N) is 2. The van der Waals surface area contributed by atoms with Gasteiger partial charge in [0.1, 0.15) is 0 Å². The van der Waals surface area contributed by atoms with Crippen molar-refractivity contribution in [1.29, 1.82) is 5.26 Å². The van der Waals surface area contributed by atoms with Gasteiger partial charge in [-0.25, -0.2) is 13.1 Å². The van der Waals surface area contributed by atoms with Crippen LogP contribution in [0.5, 0.6) is 0 Å². The van der Waals surface area contributed by atoms with Gasteiger partial charge in [0.2, 0.25) is 10.0 Å². The van der Waals surface area contributed by atoms with Gasteiger partial charge in [-0.2, -0.15) is 5.26 Å². The molecule has 142 valence electrons. The predicted molar refractivity (Wildman–Crippen MR) is 98.8 cm³/mol. The first kappa shape index (κ1) is 20.2. The minimum absolute atomic E-state index is 0.0878. The SMILES string of the molecule is CCC[C@H](CC)NS(=O)(=O)c1cccc(C(=O)NC2CCN(C#N)C2)c1. The first-order chi connectivity index (χ1) is 12.4. The molecule has 1 aromatic rings. The van der Waals surface area contributed by atoms with Gasteiger partial charge in [-0.05, 0) is 37.5 Å². The van der Waals surface area contributed by atoms with E-state index in [4.69, 9.17) is 5.26 Å². The van der Waals surface area contributed by atoms with E-state index >= 15 is 0 Å². The summed E-state index contributed by atoms with van der Waals surface area (Å²) in [6.07, 6.45) is 5.14. The average Bonchev–Trinajstić information content (AvgIpc) is 3.08. The van der Waals surface area contributed by atoms with Gasteiger partial charge in [0.05, 0.1) is 4.90 Å². The molecular formula is C18H26N4O3S. The van der Waals surface area contributed by atoms with Gasteiger partial charge in [-0.3, -0.25) is 4.79 Å². The molecule has 1 fully saturated rings. The van der Waals surface area contributed by atoms with Crippen LogP contribution in [0.2, 0.25) is 0 Å². The van der Waals surface area contributed by atoms with E-state index in [2.05, 4.69) is 16.2 Å². The fourth-order valence-electron chi connectivity index (χ4n) is 3.02. The fraction of sp³-hybridized carbons (Fsp3) is 0.556. The monoisotopic (exact) mass is 378 g/mol. The van der Waals surface area contributed by atoms with Crippen molar-refractivity contribution in [2.45, 2.75) is 56.5 Å². The van der Waals surface area contributed by atoms with Gasteiger partial charge in [0.15, 0.2) is 6.19 Å². The molecule has 1 saturated heterocycles. The van der Waals surface area contributed by atoms with Crippen LogP contribution in [0.1, 0.15) is 49.9 Å². The van der Waals surface area contributed by atoms with Crippen LogP contribution >= 0.6 is 0 Å². The Morgan fingerprint density at radius 3 is 2.81 bits per heavy atom. The number of nitrogens with zero attached hydrogens (tertiary/aromatic N) is 2. The van der Waals surface area contributed by atoms with Crippen LogP contribution in [0, 0.1) is 11.5 Å². The molecule has 0 aromatic heterocycles. The van der Waals surface area contributed by atoms with Crippen molar-refractivity contribution in [3.8, 4) is 6.19 Å². The van der Waals surface area contributed by atoms with Crippen molar-refractivity contribution >= 4 is 15.9 Å². The smallest absolute Gasteiger partial charge is 0.251 e. The zero-order valence-corrected chi connectivity index (χ0v) is 16.1. The quantitative estimate of drug-likeness (QED) is 0.672. The third-order valence-electron chi connectivity index (χ3n) is 4.52. The van der Waals surface area contributed by atoms with Crippen LogP contribution in [0.15, 0.2) is 29.2 Å². The second kappa shape index (κ2) is 9.01. The summed E-state index contributed by atoms with van der Waals surface area (Å²) in [6, 6.07) is 5.83. The fourth-order valence-corrected chi connectivity index (χ4v) is 4.42. The number of likely N-dealkylation sites (tertiary alicyclic amines) is 1. The highest BCUT2D eigenvalue weighted by molar-refractivity contribution is 7.89. The number of nitriles is 1. The van der Waals surface area contributed by atoms with E-state index < -0.39 is 10.0 Å². The summed E-state index contributed by atoms with van der Waals surface area (Å²) in [6.45, 7) is 5.06. The van der Waals surface area contributed by atoms with Crippen molar-refractivity contribution in [3.05, 3.63) is 29.8 Å². The first-order valence-electron chi connectivity index (χ1n) is 8.97. The highest BCUT2D eigenvalue weighted by Crippen LogP contribution is 2.15. The molecule has 8 heteroatoms. The number of hydrogen-bond acceptors (Lipinski definition) is 5. The van der Waals surface area contributed by atoms with E-state index in [9.17, 15) is 13.2 Å². The normalized spacial score (nSPS) is 18.3. The van der Waals surface area contributed by atoms with Gasteiger partial charge >= 0.3 is 0 Å². The summed E-state index contributed by atoms with van der Waals surface area (Å²) in [5, 5.41) is 11.7. The molecule has 26 heavy (non-hydrogen) atoms. The maximum Gasteiger partial charge on any atom is 0.251 e. The minimum Gasteiger partial charge on any atom is -0.347 e. The highest BCUT2D eigenvalue weighted by Gasteiger charge is 2.24. The van der Waals surface area contributed by atoms with Crippen LogP contribution in [0.25, 0.3) is 0 Å². The summed E-state index contributed by atoms with van der Waals surface area (Å²) in [7, 11) is -3.67. The Hall–Kier alpha value is -2.11. The molecule has 1 aromatic carbocycles. The van der Waals surface area contributed by atoms with Crippen LogP contribution < -0.4 is 10.0 Å². The Bertz CT molecular complexity index is 773. The molecule has 2 rings (SSSR count). The van der Waals surface area contributed by atoms with Crippen LogP contribution in [-0.4, -0.2) is 44.4 Å². The molecule has 2 atom stereocenters. The number of hydrogen-bond donors (Lipinski definition) is 2. The molecule has 1 amide bonds. The highest BCUT2D eigenvalue weighted by atomic mass is 32.2. The second-order valence-electron chi connectivity index (χ2n) is 6.55. The average molecular weight is 378 g/mol. The molecule has 1 heterocycles. The Balaban J connectivity index is 2.09. The summed E-state index contributed by atoms with van der Waals surface area (Å²) in [5.41, 5.74) is 0.298. The third-order valence-corrected chi connectivity index (χ3v) is 6.04. The van der Waals surface area contributed by atoms with Gasteiger partial charge in [0, 0.05) is 30.7 Å². The first-order valence-corrected chi connectivity index (χ1v) is 10.5. The number of amides is 1. The minimum atomic E-state index is -3.67. The van der Waals surface area contributed by atoms with Crippen molar-refractivity contribution in [3.63, 3.8) is 0 Å². The Morgan fingerprint density at radius 1 is 1.42 bits per heavy atom. The number of sulfonamides is 1. The molecule has 2 N–H and O–H groups in total. The van der Waals surface area contributed by atoms with Gasteiger partial charge in [-0.1, -0.05) is 26.3 Å². The van der Waals surface area contributed by atoms with Crippen molar-refractivity contribution in [2.24, 2.45) is 0 Å². The van der Waals surface area contributed by atoms with E-state index in [0.29, 0.717) is 31.5 Å². The summed E-state index contributed by atoms with van der Waals surface area (Å²) in [4.78, 5) is 14.1. The lowest BCUT2D eigenvalue weighted by molar-refractivity contribution is 0.0938. The maximum atomic E-state index is 12.6. The zero-order chi connectivity index (χ0) is 19.2. The molecular weight excluding hydrogens is 352 g/mol. The molecule has 0 bridgehead atoms. The number of rotatable bonds is 8. The Labute approximate surface area is 155 Å². The third kappa shape index (κ3) is 5.19. The molecule has 0 radical (unpaired) electrons. The van der Waals surface area contributed by atoms with Gasteiger partial charge < -0.3 is 10.2 Å². The molecule has 1 unspecified atom stereocenters. The van der Waals surface area contributed by atoms with Crippen LogP contribution in [-0.2, 0) is 10.0 Å². The Morgan fingerprint density at radius 2 is 2.19 bits per heavy atom. The zero-order valence-electron chi connectivity index (χ0n) is 15.2. The topological polar surface area (TPSA) is 102 Å². The molecule has 0 saturated carbocycles. The second-order valence-corrected chi connectivity index (χ2v) is 8.26. The van der Waals surface area contributed by atoms with E-state index in [1.54, 1.807) is 17.0 Å². The molecule has 0 aliphatic carbocycles. The summed E-state index contributed by atoms with van der Waals surface area (Å²) < 4.78 is 27.9. The number of carbonyl (C=O) groups excluding carboxylic acids is 1. The van der Waals surface area contributed by atoms with E-state index in [1.807, 2.05) is 13.8 Å². The molecule has 0 spiro atoms. The number of carbonyl (C=O) groups is 1. The van der Waals surface area contributed by atoms with E-state index in [0.717, 1.165) is 12.8 Å². The maximum absolute atomic E-state index is 12.6. The lowest BCUT2D eigenvalue weighted by Crippen LogP contribution is -2.37. The summed E-state index contributed by atoms with van der Waals surface area (Å²) >= 11 is 0. The van der Waals surface area contributed by atoms with Crippen LogP contribution in [0.3, 0.4) is 0 Å². The predicted octanol–water partition coefficient (Wildman–Crippen LogP) is 1.83. The van der Waals surface area contributed by atoms with Crippen LogP contribution in [0.4, 0.5) is 0 Å². The standard InChI is InChI=1S/C18H26N4O3S/c1-3-6-15(4-2)21-26(24,25)17-8-5-7-14(11-17)18(23)20-16-9-10-22(12-16)13-19/h5,7-8,11,15-16,21H,3-4,6,9-10,12H2,1-2H3,(H,20,23)/t15-,16?/m0/s1. The van der Waals surface area contributed by atoms with Gasteiger partial charge in [0.25, 0.3) is 5.91 Å². The van der Waals surface area contributed by atoms with Crippen molar-refractivity contribution in [1.82, 2.24) is 14.9 Å². The molecule has 1 aliphatic heterocycles. The summed E-state index contributed by atoms with van der Waals surface area (Å²) in [5.74, 6) is -0.326. The number of benzene rings is 1. The lowest BCUT2D eigenvalue weighted by atomic mass is 10.1. The van der Waals surface area contributed by atoms with Gasteiger partial charge in [-0.15, -0.1) is 0 Å². The van der Waals surface area contributed by atoms with E-state index in [1.165, 1.54) is 12.1 Å². The molecule has 7 nitrogen and oxygen atoms in total. The Kier molecular flexibility index (Phi) is 7.00.